The van der Waals surface area contributed by atoms with Gasteiger partial charge in [0.2, 0.25) is 0 Å². The van der Waals surface area contributed by atoms with Crippen LogP contribution in [-0.4, -0.2) is 84.1 Å². The molecule has 0 radical (unpaired) electrons. The highest BCUT2D eigenvalue weighted by atomic mass is 19.4. The molecule has 0 aromatic carbocycles. The molecule has 0 spiro atoms. The summed E-state index contributed by atoms with van der Waals surface area (Å²) in [5.74, 6) is 0.930. The second-order valence-corrected chi connectivity index (χ2v) is 6.45. The molecular formula is C14H21F3N4O2. The Labute approximate surface area is 132 Å². The Morgan fingerprint density at radius 2 is 2.13 bits per heavy atom. The van der Waals surface area contributed by atoms with Crippen molar-refractivity contribution >= 4 is 5.84 Å². The van der Waals surface area contributed by atoms with E-state index in [1.165, 1.54) is 0 Å². The number of halogens is 3. The standard InChI is InChI=1S/C14H21F3N4O2/c1-19-8-18-12-11(19)6-21(9-20(12)2)5-10-3-4-13(22,7-23-10)14(15,16)17/h6,10,22H,3-5,7-9H2,1-2H3. The van der Waals surface area contributed by atoms with Crippen molar-refractivity contribution in [3.05, 3.63) is 11.9 Å². The molecule has 1 N–H and O–H groups in total. The first-order valence-electron chi connectivity index (χ1n) is 7.53. The zero-order chi connectivity index (χ0) is 16.8. The third kappa shape index (κ3) is 2.99. The molecule has 1 fully saturated rings. The quantitative estimate of drug-likeness (QED) is 0.810. The zero-order valence-corrected chi connectivity index (χ0v) is 13.2. The van der Waals surface area contributed by atoms with Crippen molar-refractivity contribution in [2.75, 3.05) is 40.6 Å². The van der Waals surface area contributed by atoms with E-state index in [0.717, 1.165) is 11.5 Å². The summed E-state index contributed by atoms with van der Waals surface area (Å²) in [5, 5.41) is 9.63. The molecule has 0 amide bonds. The number of rotatable bonds is 2. The van der Waals surface area contributed by atoms with Gasteiger partial charge in [-0.15, -0.1) is 0 Å². The SMILES string of the molecule is CN1CN=C2C1=CN(CC1CCC(O)(C(F)(F)F)CO1)CN2C. The smallest absolute Gasteiger partial charge is 0.379 e. The summed E-state index contributed by atoms with van der Waals surface area (Å²) in [4.78, 5) is 10.5. The predicted octanol–water partition coefficient (Wildman–Crippen LogP) is 0.807. The molecule has 0 aromatic rings. The van der Waals surface area contributed by atoms with Crippen LogP contribution in [-0.2, 0) is 4.74 Å². The summed E-state index contributed by atoms with van der Waals surface area (Å²) >= 11 is 0. The van der Waals surface area contributed by atoms with Gasteiger partial charge in [0.05, 0.1) is 25.1 Å². The molecular weight excluding hydrogens is 313 g/mol. The number of likely N-dealkylation sites (N-methyl/N-ethyl adjacent to an activating group) is 2. The molecule has 3 heterocycles. The van der Waals surface area contributed by atoms with Crippen molar-refractivity contribution in [3.63, 3.8) is 0 Å². The van der Waals surface area contributed by atoms with E-state index in [9.17, 15) is 18.3 Å². The van der Waals surface area contributed by atoms with Crippen LogP contribution in [0.25, 0.3) is 0 Å². The first-order chi connectivity index (χ1) is 10.7. The van der Waals surface area contributed by atoms with Crippen molar-refractivity contribution in [3.8, 4) is 0 Å². The number of hydrogen-bond donors (Lipinski definition) is 1. The van der Waals surface area contributed by atoms with Crippen molar-refractivity contribution in [2.24, 2.45) is 4.99 Å². The van der Waals surface area contributed by atoms with Gasteiger partial charge in [0.25, 0.3) is 0 Å². The number of aliphatic imine (C=N–C) groups is 1. The van der Waals surface area contributed by atoms with Gasteiger partial charge in [-0.1, -0.05) is 0 Å². The normalized spacial score (nSPS) is 31.9. The van der Waals surface area contributed by atoms with Crippen LogP contribution < -0.4 is 0 Å². The molecule has 0 aliphatic carbocycles. The average molecular weight is 334 g/mol. The number of aliphatic hydroxyl groups is 1. The Balaban J connectivity index is 1.61. The first kappa shape index (κ1) is 16.4. The lowest BCUT2D eigenvalue weighted by Gasteiger charge is -2.40. The fraction of sp³-hybridized carbons (Fsp3) is 0.786. The molecule has 3 aliphatic heterocycles. The number of amidine groups is 1. The maximum absolute atomic E-state index is 12.8. The van der Waals surface area contributed by atoms with Crippen molar-refractivity contribution in [1.29, 1.82) is 0 Å². The summed E-state index contributed by atoms with van der Waals surface area (Å²) in [5.41, 5.74) is -1.71. The van der Waals surface area contributed by atoms with Crippen LogP contribution in [0.5, 0.6) is 0 Å². The van der Waals surface area contributed by atoms with E-state index in [1.807, 2.05) is 35.0 Å². The van der Waals surface area contributed by atoms with Gasteiger partial charge in [-0.25, -0.2) is 4.99 Å². The highest BCUT2D eigenvalue weighted by molar-refractivity contribution is 5.99. The summed E-state index contributed by atoms with van der Waals surface area (Å²) in [7, 11) is 3.88. The van der Waals surface area contributed by atoms with Crippen LogP contribution >= 0.6 is 0 Å². The maximum atomic E-state index is 12.8. The molecule has 6 nitrogen and oxygen atoms in total. The van der Waals surface area contributed by atoms with E-state index < -0.39 is 18.4 Å². The Kier molecular flexibility index (Phi) is 3.96. The van der Waals surface area contributed by atoms with Gasteiger partial charge >= 0.3 is 6.18 Å². The lowest BCUT2D eigenvalue weighted by Crippen LogP contribution is -2.54. The summed E-state index contributed by atoms with van der Waals surface area (Å²) in [6.45, 7) is 1.01. The van der Waals surface area contributed by atoms with Gasteiger partial charge in [-0.05, 0) is 12.8 Å². The second-order valence-electron chi connectivity index (χ2n) is 6.45. The maximum Gasteiger partial charge on any atom is 0.419 e. The molecule has 2 atom stereocenters. The third-order valence-corrected chi connectivity index (χ3v) is 4.54. The highest BCUT2D eigenvalue weighted by Crippen LogP contribution is 2.38. The summed E-state index contributed by atoms with van der Waals surface area (Å²) in [6.07, 6.45) is -3.15. The summed E-state index contributed by atoms with van der Waals surface area (Å²) in [6, 6.07) is 0. The van der Waals surface area contributed by atoms with Gasteiger partial charge in [0.1, 0.15) is 6.67 Å². The van der Waals surface area contributed by atoms with Crippen LogP contribution in [0.2, 0.25) is 0 Å². The van der Waals surface area contributed by atoms with Crippen LogP contribution in [0, 0.1) is 0 Å². The molecule has 130 valence electrons. The number of fused-ring (bicyclic) bond motifs is 1. The molecule has 3 aliphatic rings. The zero-order valence-electron chi connectivity index (χ0n) is 13.2. The van der Waals surface area contributed by atoms with Gasteiger partial charge in [0, 0.05) is 26.8 Å². The summed E-state index contributed by atoms with van der Waals surface area (Å²) < 4.78 is 43.6. The Morgan fingerprint density at radius 1 is 1.39 bits per heavy atom. The van der Waals surface area contributed by atoms with Crippen LogP contribution in [0.4, 0.5) is 13.2 Å². The molecule has 0 saturated carbocycles. The van der Waals surface area contributed by atoms with E-state index in [4.69, 9.17) is 4.74 Å². The van der Waals surface area contributed by atoms with Crippen molar-refractivity contribution in [1.82, 2.24) is 14.7 Å². The molecule has 0 aromatic heterocycles. The van der Waals surface area contributed by atoms with Gasteiger partial charge < -0.3 is 24.5 Å². The minimum Gasteiger partial charge on any atom is -0.379 e. The fourth-order valence-corrected chi connectivity index (χ4v) is 3.08. The topological polar surface area (TPSA) is 51.5 Å². The monoisotopic (exact) mass is 334 g/mol. The molecule has 0 bridgehead atoms. The van der Waals surface area contributed by atoms with E-state index in [-0.39, 0.29) is 18.9 Å². The largest absolute Gasteiger partial charge is 0.419 e. The minimum atomic E-state index is -4.65. The third-order valence-electron chi connectivity index (χ3n) is 4.54. The second kappa shape index (κ2) is 5.55. The van der Waals surface area contributed by atoms with Crippen molar-refractivity contribution in [2.45, 2.75) is 30.7 Å². The fourth-order valence-electron chi connectivity index (χ4n) is 3.08. The Bertz CT molecular complexity index is 527. The number of nitrogens with zero attached hydrogens (tertiary/aromatic N) is 4. The highest BCUT2D eigenvalue weighted by Gasteiger charge is 2.55. The predicted molar refractivity (Wildman–Crippen MR) is 77.5 cm³/mol. The lowest BCUT2D eigenvalue weighted by molar-refractivity contribution is -0.294. The van der Waals surface area contributed by atoms with E-state index in [1.54, 1.807) is 0 Å². The molecule has 2 unspecified atom stereocenters. The van der Waals surface area contributed by atoms with E-state index >= 15 is 0 Å². The first-order valence-corrected chi connectivity index (χ1v) is 7.53. The molecule has 3 rings (SSSR count). The molecule has 9 heteroatoms. The van der Waals surface area contributed by atoms with Crippen molar-refractivity contribution < 1.29 is 23.0 Å². The lowest BCUT2D eigenvalue weighted by atomic mass is 9.93. The van der Waals surface area contributed by atoms with E-state index in [0.29, 0.717) is 19.9 Å². The van der Waals surface area contributed by atoms with Crippen LogP contribution in [0.15, 0.2) is 16.9 Å². The van der Waals surface area contributed by atoms with Crippen LogP contribution in [0.3, 0.4) is 0 Å². The number of ether oxygens (including phenoxy) is 1. The Morgan fingerprint density at radius 3 is 2.74 bits per heavy atom. The van der Waals surface area contributed by atoms with Gasteiger partial charge in [-0.3, -0.25) is 0 Å². The van der Waals surface area contributed by atoms with E-state index in [2.05, 4.69) is 4.99 Å². The van der Waals surface area contributed by atoms with Gasteiger partial charge in [-0.2, -0.15) is 13.2 Å². The average Bonchev–Trinajstić information content (AvgIpc) is 2.83. The van der Waals surface area contributed by atoms with Crippen LogP contribution in [0.1, 0.15) is 12.8 Å². The molecule has 1 saturated heterocycles. The Hall–Kier alpha value is -1.48. The number of hydrogen-bond acceptors (Lipinski definition) is 6. The number of alkyl halides is 3. The molecule has 23 heavy (non-hydrogen) atoms. The minimum absolute atomic E-state index is 0.177. The van der Waals surface area contributed by atoms with Gasteiger partial charge in [0.15, 0.2) is 11.4 Å².